The van der Waals surface area contributed by atoms with Gasteiger partial charge in [-0.05, 0) is 30.5 Å². The summed E-state index contributed by atoms with van der Waals surface area (Å²) in [6.45, 7) is 2.95. The summed E-state index contributed by atoms with van der Waals surface area (Å²) in [7, 11) is 0. The molecule has 0 bridgehead atoms. The molecule has 7 heteroatoms. The molecule has 168 valence electrons. The van der Waals surface area contributed by atoms with Crippen LogP contribution >= 0.6 is 0 Å². The van der Waals surface area contributed by atoms with Crippen molar-refractivity contribution in [2.45, 2.75) is 32.8 Å². The number of unbranched alkanes of at least 4 members (excludes halogenated alkanes) is 1. The lowest BCUT2D eigenvalue weighted by Gasteiger charge is -2.22. The molecule has 1 heterocycles. The van der Waals surface area contributed by atoms with Gasteiger partial charge in [0.05, 0.1) is 11.1 Å². The first-order valence-corrected chi connectivity index (χ1v) is 10.8. The number of amides is 2. The lowest BCUT2D eigenvalue weighted by atomic mass is 9.98. The Balaban J connectivity index is 1.67. The van der Waals surface area contributed by atoms with E-state index >= 15 is 0 Å². The molecule has 1 aliphatic heterocycles. The predicted octanol–water partition coefficient (Wildman–Crippen LogP) is 3.87. The minimum absolute atomic E-state index is 0.0504. The minimum Gasteiger partial charge on any atom is -0.456 e. The Bertz CT molecular complexity index is 938. The number of rotatable bonds is 12. The molecule has 0 aliphatic carbocycles. The van der Waals surface area contributed by atoms with Gasteiger partial charge in [0.2, 0.25) is 0 Å². The highest BCUT2D eigenvalue weighted by atomic mass is 16.5. The SMILES string of the molecule is CCCCOCCC(CN1C(=O)c2ccccc2C1=O)C(=N)C(=O)OCc1ccccc1. The van der Waals surface area contributed by atoms with Crippen molar-refractivity contribution in [2.24, 2.45) is 5.92 Å². The van der Waals surface area contributed by atoms with Gasteiger partial charge in [0.1, 0.15) is 12.3 Å². The van der Waals surface area contributed by atoms with Crippen LogP contribution in [-0.2, 0) is 20.9 Å². The number of fused-ring (bicyclic) bond motifs is 1. The molecule has 1 N–H and O–H groups in total. The van der Waals surface area contributed by atoms with Crippen LogP contribution in [0, 0.1) is 11.3 Å². The molecule has 0 saturated carbocycles. The summed E-state index contributed by atoms with van der Waals surface area (Å²) < 4.78 is 10.9. The van der Waals surface area contributed by atoms with E-state index in [1.165, 1.54) is 0 Å². The van der Waals surface area contributed by atoms with Gasteiger partial charge in [-0.2, -0.15) is 0 Å². The molecular weight excluding hydrogens is 408 g/mol. The molecule has 3 rings (SSSR count). The van der Waals surface area contributed by atoms with Crippen molar-refractivity contribution in [1.82, 2.24) is 4.90 Å². The van der Waals surface area contributed by atoms with Crippen molar-refractivity contribution in [3.63, 3.8) is 0 Å². The molecular formula is C25H28N2O5. The van der Waals surface area contributed by atoms with Gasteiger partial charge in [0, 0.05) is 25.7 Å². The number of benzene rings is 2. The maximum Gasteiger partial charge on any atom is 0.352 e. The molecule has 0 aromatic heterocycles. The molecule has 0 radical (unpaired) electrons. The standard InChI is InChI=1S/C25H28N2O5/c1-2-3-14-31-15-13-19(22(26)25(30)32-17-18-9-5-4-6-10-18)16-27-23(28)20-11-7-8-12-21(20)24(27)29/h4-12,19,26H,2-3,13-17H2,1H3. The smallest absolute Gasteiger partial charge is 0.352 e. The second-order valence-corrected chi connectivity index (χ2v) is 7.69. The van der Waals surface area contributed by atoms with Crippen LogP contribution in [0.1, 0.15) is 52.5 Å². The van der Waals surface area contributed by atoms with Crippen molar-refractivity contribution < 1.29 is 23.9 Å². The highest BCUT2D eigenvalue weighted by Crippen LogP contribution is 2.24. The van der Waals surface area contributed by atoms with Crippen molar-refractivity contribution in [3.8, 4) is 0 Å². The van der Waals surface area contributed by atoms with E-state index in [1.54, 1.807) is 24.3 Å². The van der Waals surface area contributed by atoms with Crippen LogP contribution in [0.5, 0.6) is 0 Å². The van der Waals surface area contributed by atoms with Crippen LogP contribution in [0.2, 0.25) is 0 Å². The van der Waals surface area contributed by atoms with Crippen LogP contribution in [0.3, 0.4) is 0 Å². The van der Waals surface area contributed by atoms with Crippen LogP contribution in [-0.4, -0.2) is 48.2 Å². The van der Waals surface area contributed by atoms with E-state index in [-0.39, 0.29) is 18.9 Å². The topological polar surface area (TPSA) is 96.8 Å². The van der Waals surface area contributed by atoms with E-state index in [1.807, 2.05) is 30.3 Å². The van der Waals surface area contributed by atoms with Crippen LogP contribution < -0.4 is 0 Å². The zero-order chi connectivity index (χ0) is 22.9. The average molecular weight is 437 g/mol. The van der Waals surface area contributed by atoms with Crippen molar-refractivity contribution in [2.75, 3.05) is 19.8 Å². The van der Waals surface area contributed by atoms with Gasteiger partial charge in [0.15, 0.2) is 0 Å². The van der Waals surface area contributed by atoms with Gasteiger partial charge in [-0.15, -0.1) is 0 Å². The molecule has 2 aromatic carbocycles. The monoisotopic (exact) mass is 436 g/mol. The Kier molecular flexibility index (Phi) is 8.27. The third-order valence-electron chi connectivity index (χ3n) is 5.37. The molecule has 0 saturated heterocycles. The first-order valence-electron chi connectivity index (χ1n) is 10.8. The summed E-state index contributed by atoms with van der Waals surface area (Å²) in [5.74, 6) is -2.26. The Morgan fingerprint density at radius 2 is 1.59 bits per heavy atom. The Labute approximate surface area is 187 Å². The molecule has 2 amide bonds. The Hall–Kier alpha value is -3.32. The van der Waals surface area contributed by atoms with Gasteiger partial charge in [-0.25, -0.2) is 4.79 Å². The molecule has 1 aliphatic rings. The summed E-state index contributed by atoms with van der Waals surface area (Å²) in [5.41, 5.74) is 1.23. The number of nitrogens with zero attached hydrogens (tertiary/aromatic N) is 1. The van der Waals surface area contributed by atoms with E-state index in [4.69, 9.17) is 14.9 Å². The fourth-order valence-electron chi connectivity index (χ4n) is 3.49. The number of esters is 1. The summed E-state index contributed by atoms with van der Waals surface area (Å²) in [4.78, 5) is 39.2. The lowest BCUT2D eigenvalue weighted by molar-refractivity contribution is -0.137. The van der Waals surface area contributed by atoms with E-state index in [9.17, 15) is 14.4 Å². The van der Waals surface area contributed by atoms with E-state index in [0.29, 0.717) is 30.8 Å². The fraction of sp³-hybridized carbons (Fsp3) is 0.360. The van der Waals surface area contributed by atoms with Gasteiger partial charge < -0.3 is 9.47 Å². The van der Waals surface area contributed by atoms with Crippen molar-refractivity contribution >= 4 is 23.5 Å². The largest absolute Gasteiger partial charge is 0.456 e. The second-order valence-electron chi connectivity index (χ2n) is 7.69. The number of carbonyl (C=O) groups is 3. The van der Waals surface area contributed by atoms with Crippen LogP contribution in [0.25, 0.3) is 0 Å². The van der Waals surface area contributed by atoms with E-state index in [0.717, 1.165) is 23.3 Å². The third kappa shape index (κ3) is 5.68. The first kappa shape index (κ1) is 23.3. The van der Waals surface area contributed by atoms with E-state index in [2.05, 4.69) is 6.92 Å². The fourth-order valence-corrected chi connectivity index (χ4v) is 3.49. The number of carbonyl (C=O) groups excluding carboxylic acids is 3. The maximum atomic E-state index is 12.7. The number of ether oxygens (including phenoxy) is 2. The average Bonchev–Trinajstić information content (AvgIpc) is 3.06. The van der Waals surface area contributed by atoms with Gasteiger partial charge >= 0.3 is 5.97 Å². The summed E-state index contributed by atoms with van der Waals surface area (Å²) in [6, 6.07) is 15.8. The second kappa shape index (κ2) is 11.3. The summed E-state index contributed by atoms with van der Waals surface area (Å²) >= 11 is 0. The number of imide groups is 1. The zero-order valence-electron chi connectivity index (χ0n) is 18.2. The molecule has 1 atom stereocenters. The van der Waals surface area contributed by atoms with Gasteiger partial charge in [-0.3, -0.25) is 19.9 Å². The number of hydrogen-bond donors (Lipinski definition) is 1. The molecule has 2 aromatic rings. The molecule has 32 heavy (non-hydrogen) atoms. The lowest BCUT2D eigenvalue weighted by Crippen LogP contribution is -2.40. The number of hydrogen-bond acceptors (Lipinski definition) is 6. The highest BCUT2D eigenvalue weighted by molar-refractivity contribution is 6.36. The molecule has 0 spiro atoms. The van der Waals surface area contributed by atoms with Crippen molar-refractivity contribution in [3.05, 3.63) is 71.3 Å². The van der Waals surface area contributed by atoms with Crippen molar-refractivity contribution in [1.29, 1.82) is 5.41 Å². The normalized spacial score (nSPS) is 13.7. The zero-order valence-corrected chi connectivity index (χ0v) is 18.2. The Morgan fingerprint density at radius 1 is 0.969 bits per heavy atom. The number of nitrogens with one attached hydrogen (secondary N) is 1. The van der Waals surface area contributed by atoms with Gasteiger partial charge in [-0.1, -0.05) is 55.8 Å². The van der Waals surface area contributed by atoms with E-state index < -0.39 is 23.7 Å². The molecule has 7 nitrogen and oxygen atoms in total. The molecule has 0 fully saturated rings. The first-order chi connectivity index (χ1) is 15.5. The van der Waals surface area contributed by atoms with Gasteiger partial charge in [0.25, 0.3) is 11.8 Å². The summed E-state index contributed by atoms with van der Waals surface area (Å²) in [6.07, 6.45) is 2.25. The highest BCUT2D eigenvalue weighted by Gasteiger charge is 2.38. The maximum absolute atomic E-state index is 12.7. The molecule has 1 unspecified atom stereocenters. The summed E-state index contributed by atoms with van der Waals surface area (Å²) in [5, 5.41) is 8.41. The predicted molar refractivity (Wildman–Crippen MR) is 120 cm³/mol. The van der Waals surface area contributed by atoms with Crippen LogP contribution in [0.15, 0.2) is 54.6 Å². The minimum atomic E-state index is -0.760. The Morgan fingerprint density at radius 3 is 2.22 bits per heavy atom. The van der Waals surface area contributed by atoms with Crippen LogP contribution in [0.4, 0.5) is 0 Å². The third-order valence-corrected chi connectivity index (χ3v) is 5.37. The quantitative estimate of drug-likeness (QED) is 0.236.